The largest absolute Gasteiger partial charge is 0.494 e. The molecule has 0 aliphatic carbocycles. The zero-order valence-electron chi connectivity index (χ0n) is 17.1. The number of benzene rings is 3. The fraction of sp³-hybridized carbons (Fsp3) is 0.160. The summed E-state index contributed by atoms with van der Waals surface area (Å²) in [7, 11) is 0. The lowest BCUT2D eigenvalue weighted by Gasteiger charge is -2.22. The van der Waals surface area contributed by atoms with Crippen LogP contribution in [-0.4, -0.2) is 24.2 Å². The van der Waals surface area contributed by atoms with Crippen LogP contribution in [0.2, 0.25) is 0 Å². The summed E-state index contributed by atoms with van der Waals surface area (Å²) in [6, 6.07) is 24.4. The number of hydrogen-bond donors (Lipinski definition) is 0. The molecule has 0 fully saturated rings. The lowest BCUT2D eigenvalue weighted by atomic mass is 10.1. The monoisotopic (exact) mass is 411 g/mol. The van der Waals surface area contributed by atoms with Crippen LogP contribution in [0.3, 0.4) is 0 Å². The predicted molar refractivity (Wildman–Crippen MR) is 119 cm³/mol. The van der Waals surface area contributed by atoms with Crippen LogP contribution < -0.4 is 9.64 Å². The predicted octanol–water partition coefficient (Wildman–Crippen LogP) is 5.45. The second kappa shape index (κ2) is 9.14. The highest BCUT2D eigenvalue weighted by atomic mass is 16.5. The number of nitriles is 1. The average Bonchev–Trinajstić information content (AvgIpc) is 3.24. The van der Waals surface area contributed by atoms with Crippen molar-refractivity contribution >= 4 is 22.5 Å². The Morgan fingerprint density at radius 3 is 2.58 bits per heavy atom. The third-order valence-corrected chi connectivity index (χ3v) is 4.91. The molecule has 0 spiro atoms. The number of anilines is 1. The van der Waals surface area contributed by atoms with Gasteiger partial charge in [0.2, 0.25) is 0 Å². The second-order valence-electron chi connectivity index (χ2n) is 6.90. The molecule has 0 saturated heterocycles. The summed E-state index contributed by atoms with van der Waals surface area (Å²) in [5.41, 5.74) is 2.78. The lowest BCUT2D eigenvalue weighted by molar-refractivity contribution is 0.0987. The minimum absolute atomic E-state index is 0.193. The molecular formula is C25H21N3O3. The van der Waals surface area contributed by atoms with Crippen LogP contribution in [0.15, 0.2) is 77.3 Å². The van der Waals surface area contributed by atoms with E-state index in [1.807, 2.05) is 61.5 Å². The van der Waals surface area contributed by atoms with Crippen LogP contribution in [0, 0.1) is 11.3 Å². The fourth-order valence-corrected chi connectivity index (χ4v) is 3.43. The maximum Gasteiger partial charge on any atom is 0.258 e. The van der Waals surface area contributed by atoms with Gasteiger partial charge in [-0.1, -0.05) is 35.5 Å². The van der Waals surface area contributed by atoms with E-state index >= 15 is 0 Å². The van der Waals surface area contributed by atoms with Gasteiger partial charge in [-0.05, 0) is 49.4 Å². The van der Waals surface area contributed by atoms with Gasteiger partial charge in [-0.15, -0.1) is 0 Å². The third-order valence-electron chi connectivity index (χ3n) is 4.91. The zero-order chi connectivity index (χ0) is 21.6. The lowest BCUT2D eigenvalue weighted by Crippen LogP contribution is -2.31. The number of hydrogen-bond acceptors (Lipinski definition) is 5. The topological polar surface area (TPSA) is 79.4 Å². The highest BCUT2D eigenvalue weighted by Gasteiger charge is 2.20. The molecule has 1 amide bonds. The molecule has 4 rings (SSSR count). The molecule has 154 valence electrons. The number of carbonyl (C=O) groups excluding carboxylic acids is 1. The standard InChI is InChI=1S/C25H21N3O3/c1-2-30-21-12-10-20(11-13-21)28(16-6-15-26)25(29)19-9-14-23-22(17-19)24(31-27-23)18-7-4-3-5-8-18/h3-5,7-14,17H,2,6,16H2,1H3. The minimum Gasteiger partial charge on any atom is -0.494 e. The number of rotatable bonds is 7. The Labute approximate surface area is 180 Å². The quantitative estimate of drug-likeness (QED) is 0.404. The average molecular weight is 411 g/mol. The Bertz CT molecular complexity index is 1220. The van der Waals surface area contributed by atoms with Crippen molar-refractivity contribution in [2.75, 3.05) is 18.1 Å². The van der Waals surface area contributed by atoms with Crippen molar-refractivity contribution in [3.05, 3.63) is 78.4 Å². The van der Waals surface area contributed by atoms with Crippen molar-refractivity contribution < 1.29 is 14.1 Å². The molecule has 6 nitrogen and oxygen atoms in total. The summed E-state index contributed by atoms with van der Waals surface area (Å²) in [5, 5.41) is 14.0. The van der Waals surface area contributed by atoms with E-state index < -0.39 is 0 Å². The van der Waals surface area contributed by atoms with Crippen LogP contribution in [0.4, 0.5) is 5.69 Å². The number of ether oxygens (including phenoxy) is 1. The summed E-state index contributed by atoms with van der Waals surface area (Å²) in [5.74, 6) is 1.16. The van der Waals surface area contributed by atoms with E-state index in [-0.39, 0.29) is 18.9 Å². The van der Waals surface area contributed by atoms with Gasteiger partial charge in [0, 0.05) is 23.4 Å². The van der Waals surface area contributed by atoms with Crippen LogP contribution in [0.25, 0.3) is 22.2 Å². The van der Waals surface area contributed by atoms with E-state index in [1.165, 1.54) is 0 Å². The normalized spacial score (nSPS) is 10.6. The minimum atomic E-state index is -0.193. The van der Waals surface area contributed by atoms with Crippen molar-refractivity contribution in [1.29, 1.82) is 5.26 Å². The third kappa shape index (κ3) is 4.26. The molecule has 0 bridgehead atoms. The molecule has 0 radical (unpaired) electrons. The molecule has 0 N–H and O–H groups in total. The Kier molecular flexibility index (Phi) is 5.95. The van der Waals surface area contributed by atoms with Crippen molar-refractivity contribution in [3.63, 3.8) is 0 Å². The molecule has 1 heterocycles. The molecule has 3 aromatic carbocycles. The van der Waals surface area contributed by atoms with Gasteiger partial charge in [-0.25, -0.2) is 0 Å². The Morgan fingerprint density at radius 2 is 1.87 bits per heavy atom. The maximum absolute atomic E-state index is 13.4. The van der Waals surface area contributed by atoms with Crippen LogP contribution >= 0.6 is 0 Å². The van der Waals surface area contributed by atoms with Gasteiger partial charge in [0.05, 0.1) is 24.5 Å². The van der Waals surface area contributed by atoms with Crippen molar-refractivity contribution in [2.45, 2.75) is 13.3 Å². The molecule has 0 aliphatic heterocycles. The number of carbonyl (C=O) groups is 1. The molecule has 0 aliphatic rings. The van der Waals surface area contributed by atoms with Gasteiger partial charge in [0.1, 0.15) is 11.3 Å². The van der Waals surface area contributed by atoms with Crippen LogP contribution in [0.5, 0.6) is 5.75 Å². The van der Waals surface area contributed by atoms with Crippen LogP contribution in [-0.2, 0) is 0 Å². The van der Waals surface area contributed by atoms with E-state index in [9.17, 15) is 4.79 Å². The first-order chi connectivity index (χ1) is 15.2. The fourth-order valence-electron chi connectivity index (χ4n) is 3.43. The van der Waals surface area contributed by atoms with Gasteiger partial charge in [0.25, 0.3) is 5.91 Å². The van der Waals surface area contributed by atoms with Crippen molar-refractivity contribution in [2.24, 2.45) is 0 Å². The van der Waals surface area contributed by atoms with Gasteiger partial charge < -0.3 is 14.2 Å². The van der Waals surface area contributed by atoms with E-state index in [0.29, 0.717) is 29.1 Å². The van der Waals surface area contributed by atoms with E-state index in [1.54, 1.807) is 23.1 Å². The summed E-state index contributed by atoms with van der Waals surface area (Å²) < 4.78 is 11.0. The summed E-state index contributed by atoms with van der Waals surface area (Å²) >= 11 is 0. The highest BCUT2D eigenvalue weighted by Crippen LogP contribution is 2.30. The van der Waals surface area contributed by atoms with E-state index in [0.717, 1.165) is 16.7 Å². The first-order valence-electron chi connectivity index (χ1n) is 10.1. The van der Waals surface area contributed by atoms with Crippen LogP contribution in [0.1, 0.15) is 23.7 Å². The van der Waals surface area contributed by atoms with Gasteiger partial charge in [-0.2, -0.15) is 5.26 Å². The number of aromatic nitrogens is 1. The van der Waals surface area contributed by atoms with E-state index in [2.05, 4.69) is 11.2 Å². The summed E-state index contributed by atoms with van der Waals surface area (Å²) in [4.78, 5) is 15.0. The SMILES string of the molecule is CCOc1ccc(N(CCC#N)C(=O)c2ccc3noc(-c4ccccc4)c3c2)cc1. The molecule has 1 aromatic heterocycles. The number of fused-ring (bicyclic) bond motifs is 1. The maximum atomic E-state index is 13.4. The number of amides is 1. The molecule has 0 unspecified atom stereocenters. The Balaban J connectivity index is 1.70. The molecule has 31 heavy (non-hydrogen) atoms. The molecule has 4 aromatic rings. The van der Waals surface area contributed by atoms with Gasteiger partial charge in [-0.3, -0.25) is 4.79 Å². The summed E-state index contributed by atoms with van der Waals surface area (Å²) in [6.07, 6.45) is 0.226. The van der Waals surface area contributed by atoms with Crippen molar-refractivity contribution in [3.8, 4) is 23.1 Å². The molecular weight excluding hydrogens is 390 g/mol. The number of nitrogens with zero attached hydrogens (tertiary/aromatic N) is 3. The summed E-state index contributed by atoms with van der Waals surface area (Å²) in [6.45, 7) is 2.77. The molecule has 6 heteroatoms. The molecule has 0 atom stereocenters. The first kappa shape index (κ1) is 20.2. The second-order valence-corrected chi connectivity index (χ2v) is 6.90. The van der Waals surface area contributed by atoms with Gasteiger partial charge in [0.15, 0.2) is 5.76 Å². The Hall–Kier alpha value is -4.11. The first-order valence-corrected chi connectivity index (χ1v) is 10.1. The smallest absolute Gasteiger partial charge is 0.258 e. The van der Waals surface area contributed by atoms with Crippen molar-refractivity contribution in [1.82, 2.24) is 5.16 Å². The zero-order valence-corrected chi connectivity index (χ0v) is 17.1. The van der Waals surface area contributed by atoms with E-state index in [4.69, 9.17) is 14.5 Å². The highest BCUT2D eigenvalue weighted by molar-refractivity contribution is 6.08. The Morgan fingerprint density at radius 1 is 1.10 bits per heavy atom. The molecule has 0 saturated carbocycles. The van der Waals surface area contributed by atoms with Gasteiger partial charge >= 0.3 is 0 Å².